The summed E-state index contributed by atoms with van der Waals surface area (Å²) in [5.74, 6) is 1.45. The molecule has 0 aliphatic carbocycles. The molecule has 0 spiro atoms. The van der Waals surface area contributed by atoms with E-state index < -0.39 is 0 Å². The number of ether oxygens (including phenoxy) is 2. The standard InChI is InChI=1S/C28H30O6/c1-19-15-27(29)33-25-17-21(9-11-23(19)25)31-13-7-5-3-4-6-8-14-32-22-10-12-24-20(2)16-28(30)34-26(24)18-22/h9-12,15-18H,3-8,13-14H2,1-2H3. The van der Waals surface area contributed by atoms with Gasteiger partial charge in [0.1, 0.15) is 22.7 Å². The summed E-state index contributed by atoms with van der Waals surface area (Å²) < 4.78 is 22.2. The smallest absolute Gasteiger partial charge is 0.336 e. The fourth-order valence-electron chi connectivity index (χ4n) is 4.08. The number of hydrogen-bond donors (Lipinski definition) is 0. The highest BCUT2D eigenvalue weighted by atomic mass is 16.5. The molecular weight excluding hydrogens is 432 g/mol. The lowest BCUT2D eigenvalue weighted by Crippen LogP contribution is -2.00. The Morgan fingerprint density at radius 1 is 0.588 bits per heavy atom. The van der Waals surface area contributed by atoms with E-state index in [-0.39, 0.29) is 11.3 Å². The first-order valence-electron chi connectivity index (χ1n) is 11.8. The van der Waals surface area contributed by atoms with Crippen molar-refractivity contribution in [3.05, 3.63) is 80.5 Å². The van der Waals surface area contributed by atoms with Gasteiger partial charge in [0.05, 0.1) is 13.2 Å². The SMILES string of the molecule is Cc1cc(=O)oc2cc(OCCCCCCCCOc3ccc4c(C)cc(=O)oc4c3)ccc12. The predicted octanol–water partition coefficient (Wildman–Crippen LogP) is 6.31. The quantitative estimate of drug-likeness (QED) is 0.192. The Bertz CT molecular complexity index is 1270. The Balaban J connectivity index is 1.10. The zero-order valence-corrected chi connectivity index (χ0v) is 19.7. The molecule has 0 amide bonds. The molecule has 2 aromatic carbocycles. The first-order chi connectivity index (χ1) is 16.5. The van der Waals surface area contributed by atoms with E-state index in [9.17, 15) is 9.59 Å². The summed E-state index contributed by atoms with van der Waals surface area (Å²) in [5.41, 5.74) is 2.26. The first kappa shape index (κ1) is 23.6. The van der Waals surface area contributed by atoms with Crippen LogP contribution < -0.4 is 20.7 Å². The van der Waals surface area contributed by atoms with Crippen molar-refractivity contribution in [3.63, 3.8) is 0 Å². The topological polar surface area (TPSA) is 78.9 Å². The average Bonchev–Trinajstić information content (AvgIpc) is 2.79. The van der Waals surface area contributed by atoms with Crippen molar-refractivity contribution in [1.29, 1.82) is 0 Å². The van der Waals surface area contributed by atoms with Gasteiger partial charge in [-0.15, -0.1) is 0 Å². The second-order valence-electron chi connectivity index (χ2n) is 8.63. The first-order valence-corrected chi connectivity index (χ1v) is 11.8. The van der Waals surface area contributed by atoms with Gasteiger partial charge in [-0.3, -0.25) is 0 Å². The molecule has 0 saturated heterocycles. The van der Waals surface area contributed by atoms with Gasteiger partial charge in [-0.05, 0) is 62.1 Å². The van der Waals surface area contributed by atoms with Crippen molar-refractivity contribution in [2.24, 2.45) is 0 Å². The van der Waals surface area contributed by atoms with E-state index in [1.807, 2.05) is 38.1 Å². The molecule has 2 aromatic heterocycles. The number of unbranched alkanes of at least 4 members (excludes halogenated alkanes) is 5. The highest BCUT2D eigenvalue weighted by molar-refractivity contribution is 5.81. The summed E-state index contributed by atoms with van der Waals surface area (Å²) in [6.07, 6.45) is 6.46. The lowest BCUT2D eigenvalue weighted by Gasteiger charge is -2.08. The fourth-order valence-corrected chi connectivity index (χ4v) is 4.08. The molecule has 178 valence electrons. The highest BCUT2D eigenvalue weighted by Gasteiger charge is 2.05. The zero-order valence-electron chi connectivity index (χ0n) is 19.7. The molecule has 0 fully saturated rings. The van der Waals surface area contributed by atoms with Crippen molar-refractivity contribution in [1.82, 2.24) is 0 Å². The molecule has 0 saturated carbocycles. The van der Waals surface area contributed by atoms with Crippen LogP contribution in [-0.4, -0.2) is 13.2 Å². The maximum absolute atomic E-state index is 11.6. The van der Waals surface area contributed by atoms with Crippen LogP contribution in [0.1, 0.15) is 49.7 Å². The molecule has 6 nitrogen and oxygen atoms in total. The van der Waals surface area contributed by atoms with E-state index in [4.69, 9.17) is 18.3 Å². The maximum atomic E-state index is 11.6. The van der Waals surface area contributed by atoms with Crippen LogP contribution in [0, 0.1) is 13.8 Å². The van der Waals surface area contributed by atoms with E-state index in [2.05, 4.69) is 0 Å². The van der Waals surface area contributed by atoms with Crippen LogP contribution in [0.2, 0.25) is 0 Å². The Morgan fingerprint density at radius 2 is 1.00 bits per heavy atom. The van der Waals surface area contributed by atoms with Gasteiger partial charge in [0.2, 0.25) is 0 Å². The number of hydrogen-bond acceptors (Lipinski definition) is 6. The van der Waals surface area contributed by atoms with Gasteiger partial charge in [-0.2, -0.15) is 0 Å². The number of rotatable bonds is 11. The Labute approximate surface area is 198 Å². The average molecular weight is 463 g/mol. The molecule has 0 aliphatic heterocycles. The van der Waals surface area contributed by atoms with Crippen LogP contribution in [-0.2, 0) is 0 Å². The molecule has 34 heavy (non-hydrogen) atoms. The van der Waals surface area contributed by atoms with E-state index in [1.165, 1.54) is 12.1 Å². The molecule has 2 heterocycles. The maximum Gasteiger partial charge on any atom is 0.336 e. The summed E-state index contributed by atoms with van der Waals surface area (Å²) >= 11 is 0. The van der Waals surface area contributed by atoms with Crippen molar-refractivity contribution < 1.29 is 18.3 Å². The third-order valence-corrected chi connectivity index (χ3v) is 5.92. The molecule has 0 N–H and O–H groups in total. The predicted molar refractivity (Wildman–Crippen MR) is 133 cm³/mol. The molecule has 6 heteroatoms. The second kappa shape index (κ2) is 11.1. The van der Waals surface area contributed by atoms with E-state index in [1.54, 1.807) is 12.1 Å². The van der Waals surface area contributed by atoms with Crippen LogP contribution in [0.15, 0.2) is 67.0 Å². The Kier molecular flexibility index (Phi) is 7.68. The lowest BCUT2D eigenvalue weighted by molar-refractivity contribution is 0.297. The van der Waals surface area contributed by atoms with Crippen LogP contribution in [0.4, 0.5) is 0 Å². The minimum Gasteiger partial charge on any atom is -0.493 e. The highest BCUT2D eigenvalue weighted by Crippen LogP contribution is 2.23. The lowest BCUT2D eigenvalue weighted by atomic mass is 10.1. The van der Waals surface area contributed by atoms with Gasteiger partial charge < -0.3 is 18.3 Å². The normalized spacial score (nSPS) is 11.2. The molecule has 4 rings (SSSR count). The zero-order chi connectivity index (χ0) is 23.9. The van der Waals surface area contributed by atoms with Gasteiger partial charge in [0.25, 0.3) is 0 Å². The van der Waals surface area contributed by atoms with Crippen molar-refractivity contribution in [2.45, 2.75) is 52.4 Å². The third-order valence-electron chi connectivity index (χ3n) is 5.92. The van der Waals surface area contributed by atoms with Crippen LogP contribution in [0.3, 0.4) is 0 Å². The van der Waals surface area contributed by atoms with E-state index in [0.717, 1.165) is 71.9 Å². The van der Waals surface area contributed by atoms with Crippen molar-refractivity contribution >= 4 is 21.9 Å². The molecule has 0 unspecified atom stereocenters. The number of fused-ring (bicyclic) bond motifs is 2. The van der Waals surface area contributed by atoms with Gasteiger partial charge in [-0.1, -0.05) is 25.7 Å². The van der Waals surface area contributed by atoms with Crippen molar-refractivity contribution in [3.8, 4) is 11.5 Å². The second-order valence-corrected chi connectivity index (χ2v) is 8.63. The van der Waals surface area contributed by atoms with Gasteiger partial charge >= 0.3 is 11.3 Å². The third kappa shape index (κ3) is 6.07. The molecule has 0 bridgehead atoms. The molecule has 0 atom stereocenters. The van der Waals surface area contributed by atoms with Crippen LogP contribution >= 0.6 is 0 Å². The molecule has 0 radical (unpaired) electrons. The summed E-state index contributed by atoms with van der Waals surface area (Å²) in [5, 5.41) is 1.86. The number of aryl methyl sites for hydroxylation is 2. The summed E-state index contributed by atoms with van der Waals surface area (Å²) in [6.45, 7) is 5.08. The summed E-state index contributed by atoms with van der Waals surface area (Å²) in [4.78, 5) is 23.1. The van der Waals surface area contributed by atoms with Crippen LogP contribution in [0.5, 0.6) is 11.5 Å². The molecule has 0 aliphatic rings. The number of benzene rings is 2. The van der Waals surface area contributed by atoms with Crippen molar-refractivity contribution in [2.75, 3.05) is 13.2 Å². The molecule has 4 aromatic rings. The Hall–Kier alpha value is -3.54. The van der Waals surface area contributed by atoms with Gasteiger partial charge in [-0.25, -0.2) is 9.59 Å². The molecular formula is C28H30O6. The minimum atomic E-state index is -0.340. The summed E-state index contributed by atoms with van der Waals surface area (Å²) in [7, 11) is 0. The Morgan fingerprint density at radius 3 is 1.44 bits per heavy atom. The van der Waals surface area contributed by atoms with Gasteiger partial charge in [0.15, 0.2) is 0 Å². The largest absolute Gasteiger partial charge is 0.493 e. The van der Waals surface area contributed by atoms with Crippen LogP contribution in [0.25, 0.3) is 21.9 Å². The van der Waals surface area contributed by atoms with E-state index in [0.29, 0.717) is 24.4 Å². The van der Waals surface area contributed by atoms with E-state index >= 15 is 0 Å². The minimum absolute atomic E-state index is 0.340. The monoisotopic (exact) mass is 462 g/mol. The fraction of sp³-hybridized carbons (Fsp3) is 0.357. The van der Waals surface area contributed by atoms with Gasteiger partial charge in [0, 0.05) is 35.0 Å². The summed E-state index contributed by atoms with van der Waals surface area (Å²) in [6, 6.07) is 14.3.